The van der Waals surface area contributed by atoms with E-state index >= 15 is 0 Å². The molecule has 2 rings (SSSR count). The van der Waals surface area contributed by atoms with Crippen LogP contribution >= 0.6 is 0 Å². The molecule has 0 fully saturated rings. The normalized spacial score (nSPS) is 10.8. The van der Waals surface area contributed by atoms with Crippen molar-refractivity contribution in [3.8, 4) is 17.6 Å². The van der Waals surface area contributed by atoms with Crippen LogP contribution in [0.3, 0.4) is 0 Å². The molecule has 0 aromatic heterocycles. The summed E-state index contributed by atoms with van der Waals surface area (Å²) < 4.78 is 10.4. The maximum Gasteiger partial charge on any atom is 0.266 e. The lowest BCUT2D eigenvalue weighted by atomic mass is 10.1. The fourth-order valence-corrected chi connectivity index (χ4v) is 2.33. The van der Waals surface area contributed by atoms with Gasteiger partial charge >= 0.3 is 0 Å². The van der Waals surface area contributed by atoms with Crippen molar-refractivity contribution in [3.63, 3.8) is 0 Å². The van der Waals surface area contributed by atoms with Crippen LogP contribution in [0.5, 0.6) is 11.5 Å². The minimum absolute atomic E-state index is 0.00752. The lowest BCUT2D eigenvalue weighted by Crippen LogP contribution is -2.14. The summed E-state index contributed by atoms with van der Waals surface area (Å²) in [5.74, 6) is 0.660. The number of hydrogen-bond acceptors (Lipinski definition) is 4. The summed E-state index contributed by atoms with van der Waals surface area (Å²) in [7, 11) is 3.08. The molecule has 0 aliphatic heterocycles. The molecular formula is C20H20N2O3. The molecule has 0 unspecified atom stereocenters. The van der Waals surface area contributed by atoms with Gasteiger partial charge in [-0.05, 0) is 54.8 Å². The van der Waals surface area contributed by atoms with E-state index in [1.165, 1.54) is 13.2 Å². The Morgan fingerprint density at radius 3 is 2.48 bits per heavy atom. The molecule has 0 saturated carbocycles. The van der Waals surface area contributed by atoms with Crippen LogP contribution in [0.4, 0.5) is 5.69 Å². The van der Waals surface area contributed by atoms with Gasteiger partial charge in [-0.1, -0.05) is 18.2 Å². The molecule has 0 bridgehead atoms. The molecule has 2 aromatic carbocycles. The van der Waals surface area contributed by atoms with Crippen LogP contribution in [0.15, 0.2) is 42.0 Å². The minimum Gasteiger partial charge on any atom is -0.493 e. The standard InChI is InChI=1S/C20H20N2O3/c1-13-6-5-7-17(14(13)2)22-20(23)16(12-21)10-15-8-9-18(24-3)19(11-15)25-4/h5-11H,1-4H3,(H,22,23)/b16-10-. The molecular weight excluding hydrogens is 316 g/mol. The van der Waals surface area contributed by atoms with Gasteiger partial charge in [0.2, 0.25) is 0 Å². The van der Waals surface area contributed by atoms with Crippen LogP contribution in [0, 0.1) is 25.2 Å². The predicted molar refractivity (Wildman–Crippen MR) is 97.7 cm³/mol. The van der Waals surface area contributed by atoms with Crippen LogP contribution in [-0.2, 0) is 4.79 Å². The maximum atomic E-state index is 12.4. The Bertz CT molecular complexity index is 864. The van der Waals surface area contributed by atoms with Gasteiger partial charge in [0, 0.05) is 5.69 Å². The van der Waals surface area contributed by atoms with E-state index in [-0.39, 0.29) is 5.57 Å². The first kappa shape index (κ1) is 18.1. The molecule has 1 amide bonds. The Kier molecular flexibility index (Phi) is 5.80. The molecule has 0 radical (unpaired) electrons. The number of carbonyl (C=O) groups is 1. The van der Waals surface area contributed by atoms with Gasteiger partial charge in [-0.3, -0.25) is 4.79 Å². The highest BCUT2D eigenvalue weighted by Crippen LogP contribution is 2.28. The lowest BCUT2D eigenvalue weighted by Gasteiger charge is -2.10. The van der Waals surface area contributed by atoms with Crippen LogP contribution in [-0.4, -0.2) is 20.1 Å². The quantitative estimate of drug-likeness (QED) is 0.665. The molecule has 5 nitrogen and oxygen atoms in total. The first-order valence-corrected chi connectivity index (χ1v) is 7.71. The van der Waals surface area contributed by atoms with Crippen molar-refractivity contribution in [1.82, 2.24) is 0 Å². The number of hydrogen-bond donors (Lipinski definition) is 1. The Hall–Kier alpha value is -3.26. The maximum absolute atomic E-state index is 12.4. The van der Waals surface area contributed by atoms with E-state index in [1.807, 2.05) is 38.1 Å². The molecule has 2 aromatic rings. The molecule has 1 N–H and O–H groups in total. The summed E-state index contributed by atoms with van der Waals surface area (Å²) in [5.41, 5.74) is 3.41. The topological polar surface area (TPSA) is 71.3 Å². The molecule has 0 saturated heterocycles. The van der Waals surface area contributed by atoms with Crippen molar-refractivity contribution >= 4 is 17.7 Å². The highest BCUT2D eigenvalue weighted by molar-refractivity contribution is 6.10. The monoisotopic (exact) mass is 336 g/mol. The van der Waals surface area contributed by atoms with E-state index in [0.717, 1.165) is 11.1 Å². The van der Waals surface area contributed by atoms with Crippen LogP contribution in [0.1, 0.15) is 16.7 Å². The van der Waals surface area contributed by atoms with Gasteiger partial charge < -0.3 is 14.8 Å². The number of rotatable bonds is 5. The number of nitrogens with zero attached hydrogens (tertiary/aromatic N) is 1. The third-order valence-electron chi connectivity index (χ3n) is 3.94. The number of anilines is 1. The molecule has 0 aliphatic rings. The Balaban J connectivity index is 2.29. The second-order valence-corrected chi connectivity index (χ2v) is 5.49. The minimum atomic E-state index is -0.453. The number of nitriles is 1. The molecule has 0 aliphatic carbocycles. The number of benzene rings is 2. The van der Waals surface area contributed by atoms with Crippen LogP contribution < -0.4 is 14.8 Å². The summed E-state index contributed by atoms with van der Waals surface area (Å²) in [4.78, 5) is 12.4. The largest absolute Gasteiger partial charge is 0.493 e. The molecule has 5 heteroatoms. The highest BCUT2D eigenvalue weighted by atomic mass is 16.5. The van der Waals surface area contributed by atoms with Gasteiger partial charge in [-0.2, -0.15) is 5.26 Å². The molecule has 128 valence electrons. The zero-order valence-electron chi connectivity index (χ0n) is 14.7. The molecule has 0 heterocycles. The van der Waals surface area contributed by atoms with Crippen LogP contribution in [0.25, 0.3) is 6.08 Å². The number of aryl methyl sites for hydroxylation is 1. The smallest absolute Gasteiger partial charge is 0.266 e. The number of carbonyl (C=O) groups excluding carboxylic acids is 1. The Labute approximate surface area is 147 Å². The van der Waals surface area contributed by atoms with Crippen molar-refractivity contribution in [2.24, 2.45) is 0 Å². The van der Waals surface area contributed by atoms with Crippen molar-refractivity contribution in [1.29, 1.82) is 5.26 Å². The summed E-state index contributed by atoms with van der Waals surface area (Å²) in [5, 5.41) is 12.1. The number of ether oxygens (including phenoxy) is 2. The first-order chi connectivity index (χ1) is 12.0. The SMILES string of the molecule is COc1ccc(/C=C(/C#N)C(=O)Nc2cccc(C)c2C)cc1OC. The number of methoxy groups -OCH3 is 2. The van der Waals surface area contributed by atoms with Crippen molar-refractivity contribution < 1.29 is 14.3 Å². The molecule has 0 atom stereocenters. The second-order valence-electron chi connectivity index (χ2n) is 5.49. The highest BCUT2D eigenvalue weighted by Gasteiger charge is 2.12. The third kappa shape index (κ3) is 4.18. The second kappa shape index (κ2) is 8.02. The average Bonchev–Trinajstić information content (AvgIpc) is 2.63. The van der Waals surface area contributed by atoms with Gasteiger partial charge in [0.15, 0.2) is 11.5 Å². The summed E-state index contributed by atoms with van der Waals surface area (Å²) in [6, 6.07) is 12.8. The third-order valence-corrected chi connectivity index (χ3v) is 3.94. The van der Waals surface area contributed by atoms with Crippen LogP contribution in [0.2, 0.25) is 0 Å². The predicted octanol–water partition coefficient (Wildman–Crippen LogP) is 3.87. The van der Waals surface area contributed by atoms with E-state index in [0.29, 0.717) is 22.7 Å². The van der Waals surface area contributed by atoms with Gasteiger partial charge in [-0.15, -0.1) is 0 Å². The average molecular weight is 336 g/mol. The van der Waals surface area contributed by atoms with Crippen molar-refractivity contribution in [2.45, 2.75) is 13.8 Å². The van der Waals surface area contributed by atoms with Gasteiger partial charge in [0.1, 0.15) is 11.6 Å². The zero-order valence-corrected chi connectivity index (χ0v) is 14.7. The molecule has 25 heavy (non-hydrogen) atoms. The molecule has 0 spiro atoms. The van der Waals surface area contributed by atoms with Crippen molar-refractivity contribution in [2.75, 3.05) is 19.5 Å². The fourth-order valence-electron chi connectivity index (χ4n) is 2.33. The lowest BCUT2D eigenvalue weighted by molar-refractivity contribution is -0.112. The van der Waals surface area contributed by atoms with Crippen molar-refractivity contribution in [3.05, 3.63) is 58.7 Å². The number of nitrogens with one attached hydrogen (secondary N) is 1. The zero-order chi connectivity index (χ0) is 18.4. The van der Waals surface area contributed by atoms with Gasteiger partial charge in [-0.25, -0.2) is 0 Å². The summed E-state index contributed by atoms with van der Waals surface area (Å²) >= 11 is 0. The van der Waals surface area contributed by atoms with E-state index < -0.39 is 5.91 Å². The number of amides is 1. The Morgan fingerprint density at radius 2 is 1.84 bits per heavy atom. The summed E-state index contributed by atoms with van der Waals surface area (Å²) in [6.45, 7) is 3.89. The van der Waals surface area contributed by atoms with E-state index in [9.17, 15) is 10.1 Å². The van der Waals surface area contributed by atoms with E-state index in [2.05, 4.69) is 5.32 Å². The van der Waals surface area contributed by atoms with E-state index in [4.69, 9.17) is 9.47 Å². The van der Waals surface area contributed by atoms with E-state index in [1.54, 1.807) is 25.3 Å². The summed E-state index contributed by atoms with van der Waals surface area (Å²) in [6.07, 6.45) is 1.52. The Morgan fingerprint density at radius 1 is 1.12 bits per heavy atom. The van der Waals surface area contributed by atoms with Gasteiger partial charge in [0.05, 0.1) is 14.2 Å². The fraction of sp³-hybridized carbons (Fsp3) is 0.200. The van der Waals surface area contributed by atoms with Gasteiger partial charge in [0.25, 0.3) is 5.91 Å². The first-order valence-electron chi connectivity index (χ1n) is 7.71.